The fourth-order valence-electron chi connectivity index (χ4n) is 2.91. The number of nitrogens with one attached hydrogen (secondary N) is 3. The second-order valence-electron chi connectivity index (χ2n) is 6.27. The predicted molar refractivity (Wildman–Crippen MR) is 122 cm³/mol. The third-order valence-corrected chi connectivity index (χ3v) is 7.07. The molecule has 0 radical (unpaired) electrons. The summed E-state index contributed by atoms with van der Waals surface area (Å²) in [6, 6.07) is 3.46. The molecule has 0 spiro atoms. The van der Waals surface area contributed by atoms with Crippen molar-refractivity contribution in [2.24, 2.45) is 4.99 Å². The van der Waals surface area contributed by atoms with Crippen LogP contribution in [0.5, 0.6) is 0 Å². The van der Waals surface area contributed by atoms with Crippen molar-refractivity contribution in [2.45, 2.75) is 36.2 Å². The highest BCUT2D eigenvalue weighted by Crippen LogP contribution is 2.15. The van der Waals surface area contributed by atoms with E-state index in [-0.39, 0.29) is 36.6 Å². The van der Waals surface area contributed by atoms with Crippen molar-refractivity contribution in [3.05, 3.63) is 29.2 Å². The molecule has 0 bridgehead atoms. The molecule has 10 nitrogen and oxygen atoms in total. The van der Waals surface area contributed by atoms with Crippen LogP contribution >= 0.6 is 35.3 Å². The van der Waals surface area contributed by atoms with Gasteiger partial charge in [-0.3, -0.25) is 4.99 Å². The van der Waals surface area contributed by atoms with E-state index in [1.807, 2.05) is 4.68 Å². The molecule has 3 N–H and O–H groups in total. The molecule has 162 valence electrons. The summed E-state index contributed by atoms with van der Waals surface area (Å²) in [7, 11) is -0.134. The van der Waals surface area contributed by atoms with Gasteiger partial charge in [0.2, 0.25) is 10.0 Å². The van der Waals surface area contributed by atoms with Crippen molar-refractivity contribution < 1.29 is 13.2 Å². The molecule has 3 heterocycles. The molecule has 0 amide bonds. The number of aromatic nitrogens is 3. The van der Waals surface area contributed by atoms with Crippen molar-refractivity contribution in [1.29, 1.82) is 0 Å². The number of sulfonamides is 1. The van der Waals surface area contributed by atoms with E-state index in [4.69, 9.17) is 4.74 Å². The number of aliphatic imine (C=N–C) groups is 1. The Labute approximate surface area is 191 Å². The summed E-state index contributed by atoms with van der Waals surface area (Å²) in [5.74, 6) is 2.29. The van der Waals surface area contributed by atoms with Gasteiger partial charge >= 0.3 is 0 Å². The molecule has 1 aliphatic heterocycles. The number of rotatable bonds is 8. The Morgan fingerprint density at radius 2 is 2.28 bits per heavy atom. The Bertz CT molecular complexity index is 900. The Morgan fingerprint density at radius 1 is 1.45 bits per heavy atom. The molecular formula is C16H26IN7O3S2. The van der Waals surface area contributed by atoms with E-state index in [9.17, 15) is 8.42 Å². The van der Waals surface area contributed by atoms with Crippen molar-refractivity contribution >= 4 is 51.3 Å². The second-order valence-corrected chi connectivity index (χ2v) is 9.21. The van der Waals surface area contributed by atoms with Crippen molar-refractivity contribution in [3.63, 3.8) is 0 Å². The molecule has 29 heavy (non-hydrogen) atoms. The lowest BCUT2D eigenvalue weighted by molar-refractivity contribution is 0.177. The first kappa shape index (κ1) is 24.0. The molecule has 1 atom stereocenters. The summed E-state index contributed by atoms with van der Waals surface area (Å²) >= 11 is 1.19. The minimum atomic E-state index is -3.45. The Kier molecular flexibility index (Phi) is 9.26. The smallest absolute Gasteiger partial charge is 0.250 e. The number of nitrogens with zero attached hydrogens (tertiary/aromatic N) is 4. The summed E-state index contributed by atoms with van der Waals surface area (Å²) in [6.45, 7) is 1.78. The lowest BCUT2D eigenvalue weighted by atomic mass is 10.1. The van der Waals surface area contributed by atoms with E-state index in [1.54, 1.807) is 31.7 Å². The zero-order valence-electron chi connectivity index (χ0n) is 16.3. The third kappa shape index (κ3) is 6.60. The highest BCUT2D eigenvalue weighted by Gasteiger charge is 2.22. The van der Waals surface area contributed by atoms with Gasteiger partial charge in [0.1, 0.15) is 16.6 Å². The van der Waals surface area contributed by atoms with Crippen LogP contribution in [-0.2, 0) is 34.3 Å². The number of thiophene rings is 1. The molecule has 13 heteroatoms. The van der Waals surface area contributed by atoms with E-state index in [2.05, 4.69) is 30.4 Å². The Morgan fingerprint density at radius 3 is 2.97 bits per heavy atom. The second kappa shape index (κ2) is 11.2. The maximum atomic E-state index is 12.1. The number of fused-ring (bicyclic) bond motifs is 1. The number of ether oxygens (including phenoxy) is 1. The van der Waals surface area contributed by atoms with Gasteiger partial charge < -0.3 is 15.4 Å². The van der Waals surface area contributed by atoms with Gasteiger partial charge in [0, 0.05) is 39.7 Å². The monoisotopic (exact) mass is 555 g/mol. The summed E-state index contributed by atoms with van der Waals surface area (Å²) in [5, 5.41) is 12.7. The quantitative estimate of drug-likeness (QED) is 0.188. The average Bonchev–Trinajstić information content (AvgIpc) is 3.34. The highest BCUT2D eigenvalue weighted by molar-refractivity contribution is 14.0. The first-order valence-corrected chi connectivity index (χ1v) is 11.3. The Hall–Kier alpha value is -1.29. The topological polar surface area (TPSA) is 123 Å². The van der Waals surface area contributed by atoms with Gasteiger partial charge in [0.05, 0.1) is 6.54 Å². The van der Waals surface area contributed by atoms with Crippen LogP contribution in [0.4, 0.5) is 0 Å². The van der Waals surface area contributed by atoms with Crippen LogP contribution in [0, 0.1) is 0 Å². The summed E-state index contributed by atoms with van der Waals surface area (Å²) in [6.07, 6.45) is 1.74. The van der Waals surface area contributed by atoms with E-state index >= 15 is 0 Å². The minimum Gasteiger partial charge on any atom is -0.377 e. The van der Waals surface area contributed by atoms with Crippen LogP contribution in [-0.4, -0.2) is 62.4 Å². The number of guanidine groups is 1. The fourth-order valence-corrected chi connectivity index (χ4v) is 4.98. The zero-order valence-corrected chi connectivity index (χ0v) is 20.3. The maximum Gasteiger partial charge on any atom is 0.250 e. The third-order valence-electron chi connectivity index (χ3n) is 4.21. The molecule has 1 aliphatic rings. The van der Waals surface area contributed by atoms with Gasteiger partial charge in [0.25, 0.3) is 0 Å². The molecule has 1 unspecified atom stereocenters. The summed E-state index contributed by atoms with van der Waals surface area (Å²) in [4.78, 5) is 8.68. The molecule has 3 rings (SSSR count). The van der Waals surface area contributed by atoms with Crippen LogP contribution in [0.3, 0.4) is 0 Å². The lowest BCUT2D eigenvalue weighted by Gasteiger charge is -2.25. The van der Waals surface area contributed by atoms with E-state index in [0.29, 0.717) is 35.7 Å². The van der Waals surface area contributed by atoms with Gasteiger partial charge in [0.15, 0.2) is 11.8 Å². The number of aryl methyl sites for hydroxylation is 1. The number of methoxy groups -OCH3 is 1. The average molecular weight is 555 g/mol. The molecule has 0 fully saturated rings. The highest BCUT2D eigenvalue weighted by atomic mass is 127. The van der Waals surface area contributed by atoms with Gasteiger partial charge in [-0.05, 0) is 17.9 Å². The summed E-state index contributed by atoms with van der Waals surface area (Å²) in [5.41, 5.74) is 0. The molecule has 2 aromatic rings. The van der Waals surface area contributed by atoms with E-state index < -0.39 is 10.0 Å². The van der Waals surface area contributed by atoms with E-state index in [0.717, 1.165) is 18.7 Å². The first-order valence-electron chi connectivity index (χ1n) is 8.93. The molecule has 0 saturated heterocycles. The van der Waals surface area contributed by atoms with Crippen LogP contribution in [0.15, 0.2) is 26.7 Å². The van der Waals surface area contributed by atoms with Crippen LogP contribution in [0.25, 0.3) is 0 Å². The van der Waals surface area contributed by atoms with Crippen LogP contribution < -0.4 is 15.4 Å². The minimum absolute atomic E-state index is 0. The fraction of sp³-hybridized carbons (Fsp3) is 0.562. The normalized spacial score (nSPS) is 16.8. The lowest BCUT2D eigenvalue weighted by Crippen LogP contribution is -2.48. The van der Waals surface area contributed by atoms with Gasteiger partial charge in [-0.25, -0.2) is 22.8 Å². The summed E-state index contributed by atoms with van der Waals surface area (Å²) < 4.78 is 34.1. The standard InChI is InChI=1S/C16H25N7O3S2.HI/c1-17-16(18-7-8-19-28(24,25)15-4-3-9-27-15)20-12-5-6-14-21-13(11-26-2)22-23(14)10-12;/h3-4,9,12,19H,5-8,10-11H2,1-2H3,(H2,17,18,20);1H. The van der Waals surface area contributed by atoms with Crippen LogP contribution in [0.1, 0.15) is 18.1 Å². The van der Waals surface area contributed by atoms with Crippen molar-refractivity contribution in [2.75, 3.05) is 27.2 Å². The van der Waals surface area contributed by atoms with Crippen LogP contribution in [0.2, 0.25) is 0 Å². The molecule has 0 saturated carbocycles. The van der Waals surface area contributed by atoms with E-state index in [1.165, 1.54) is 11.3 Å². The molecule has 0 aliphatic carbocycles. The zero-order chi connectivity index (χ0) is 20.0. The molecule has 2 aromatic heterocycles. The Balaban J connectivity index is 0.00000300. The molecule has 0 aromatic carbocycles. The number of hydrogen-bond donors (Lipinski definition) is 3. The van der Waals surface area contributed by atoms with Crippen molar-refractivity contribution in [3.8, 4) is 0 Å². The van der Waals surface area contributed by atoms with Gasteiger partial charge in [-0.1, -0.05) is 6.07 Å². The maximum absolute atomic E-state index is 12.1. The largest absolute Gasteiger partial charge is 0.377 e. The number of hydrogen-bond acceptors (Lipinski definition) is 7. The van der Waals surface area contributed by atoms with Gasteiger partial charge in [-0.2, -0.15) is 5.10 Å². The first-order chi connectivity index (χ1) is 13.5. The van der Waals surface area contributed by atoms with Crippen molar-refractivity contribution in [1.82, 2.24) is 30.1 Å². The molecular weight excluding hydrogens is 529 g/mol. The van der Waals surface area contributed by atoms with Gasteiger partial charge in [-0.15, -0.1) is 35.3 Å². The number of halogens is 1. The SMILES string of the molecule is CN=C(NCCNS(=O)(=O)c1cccs1)NC1CCc2nc(COC)nn2C1.I. The predicted octanol–water partition coefficient (Wildman–Crippen LogP) is 0.562.